The second kappa shape index (κ2) is 30.2. The van der Waals surface area contributed by atoms with Crippen LogP contribution in [0.2, 0.25) is 0 Å². The summed E-state index contributed by atoms with van der Waals surface area (Å²) in [6.07, 6.45) is -44.9. The summed E-state index contributed by atoms with van der Waals surface area (Å²) in [5.74, 6) is -0.144. The van der Waals surface area contributed by atoms with Gasteiger partial charge in [-0.05, 0) is 104 Å². The standard InChI is InChI=1S/C62H104O33/c1-22(20-83-54-46(78)42(74)38(70)31(15-63)86-54)7-12-62(82)23(2)36-30(95-62)14-28-26-6-5-24-13-25(8-10-60(24,3)27(26)9-11-61(28,36)4)85-56-48(80)44(76)50(35(19-67)90-56)91-59-53(52(41(73)34(18-66)89-59)93-55-45(77)37(69)29(68)21-84-55)94-58-49(81)51(40(72)33(17-65)88-58)92-57-47(79)43(75)39(71)32(16-64)87-57/h22-59,63-82H,5-21H2,1-4H3/t22-,23-,24?,25-,26?,27?,28?,29+,30?,31+,32+,33+,34+,35+,36?,37-,38+,39+,40-,41+,42-,43-,44+,45+,46+,47+,48+,49+,50-,51-,52-,53+,54+,55-,56+,57-,58-,59-,60-,61-,62+/m0/s1. The highest BCUT2D eigenvalue weighted by Crippen LogP contribution is 2.71. The van der Waals surface area contributed by atoms with E-state index in [0.29, 0.717) is 43.4 Å². The molecule has 0 aromatic carbocycles. The van der Waals surface area contributed by atoms with Crippen LogP contribution in [0.25, 0.3) is 0 Å². The first kappa shape index (κ1) is 74.9. The molecule has 550 valence electrons. The molecule has 95 heavy (non-hydrogen) atoms. The molecule has 0 spiro atoms. The first-order chi connectivity index (χ1) is 45.1. The van der Waals surface area contributed by atoms with Crippen LogP contribution in [0, 0.1) is 52.3 Å². The zero-order valence-corrected chi connectivity index (χ0v) is 53.7. The largest absolute Gasteiger partial charge is 0.394 e. The molecule has 7 saturated heterocycles. The Balaban J connectivity index is 0.734. The third kappa shape index (κ3) is 14.1. The highest BCUT2D eigenvalue weighted by molar-refractivity contribution is 5.15. The number of aliphatic hydroxyl groups excluding tert-OH is 19. The maximum absolute atomic E-state index is 12.2. The molecule has 11 rings (SSSR count). The number of rotatable bonds is 21. The van der Waals surface area contributed by atoms with E-state index >= 15 is 0 Å². The molecular weight excluding hydrogens is 1270 g/mol. The van der Waals surface area contributed by atoms with Crippen LogP contribution >= 0.6 is 0 Å². The third-order valence-electron chi connectivity index (χ3n) is 23.9. The van der Waals surface area contributed by atoms with E-state index in [0.717, 1.165) is 38.5 Å². The van der Waals surface area contributed by atoms with Gasteiger partial charge in [0.25, 0.3) is 0 Å². The minimum Gasteiger partial charge on any atom is -0.394 e. The van der Waals surface area contributed by atoms with Crippen molar-refractivity contribution in [1.82, 2.24) is 0 Å². The van der Waals surface area contributed by atoms with Gasteiger partial charge in [0, 0.05) is 12.3 Å². The van der Waals surface area contributed by atoms with Gasteiger partial charge in [0.2, 0.25) is 0 Å². The molecule has 7 heterocycles. The van der Waals surface area contributed by atoms with E-state index in [9.17, 15) is 102 Å². The SMILES string of the molecule is C[C@@H](CC[C@@]1(O)OC2CC3C4CCC5C[C@@H](O[C@@H]6O[C@H](CO)[C@H](O[C@@H]7O[C@H](CO)[C@@H](O)[C@H](O[C@@H]8OC[C@@H](O)[C@H](O)[C@H]8O)[C@H]7O[C@@H]7O[C@H](CO)[C@H](O)[C@H](O[C@@H]8O[C@H](CO)[C@@H](O)[C@H](O)[C@H]8O)[C@H]7O)[C@H](O)[C@H]6O)CC[C@]5(C)C4CC[C@]3(C)C2[C@@H]1C)CO[C@@H]1O[C@H](CO)[C@@H](O)[C@H](O)[C@H]1O. The molecule has 0 radical (unpaired) electrons. The van der Waals surface area contributed by atoms with Gasteiger partial charge in [-0.2, -0.15) is 0 Å². The fourth-order valence-corrected chi connectivity index (χ4v) is 18.3. The predicted octanol–water partition coefficient (Wildman–Crippen LogP) is -7.67. The van der Waals surface area contributed by atoms with Crippen LogP contribution in [0.15, 0.2) is 0 Å². The summed E-state index contributed by atoms with van der Waals surface area (Å²) in [7, 11) is 0. The van der Waals surface area contributed by atoms with Crippen LogP contribution in [0.5, 0.6) is 0 Å². The first-order valence-corrected chi connectivity index (χ1v) is 33.8. The number of hydrogen-bond donors (Lipinski definition) is 20. The van der Waals surface area contributed by atoms with Gasteiger partial charge in [0.05, 0.1) is 58.5 Å². The van der Waals surface area contributed by atoms with Crippen molar-refractivity contribution >= 4 is 0 Å². The van der Waals surface area contributed by atoms with Gasteiger partial charge in [-0.25, -0.2) is 0 Å². The number of hydrogen-bond acceptors (Lipinski definition) is 33. The van der Waals surface area contributed by atoms with Gasteiger partial charge in [-0.1, -0.05) is 27.7 Å². The smallest absolute Gasteiger partial charge is 0.187 e. The van der Waals surface area contributed by atoms with Gasteiger partial charge < -0.3 is 164 Å². The normalized spacial score (nSPS) is 55.3. The fourth-order valence-electron chi connectivity index (χ4n) is 18.3. The van der Waals surface area contributed by atoms with E-state index in [1.165, 1.54) is 0 Å². The van der Waals surface area contributed by atoms with E-state index in [-0.39, 0.29) is 47.2 Å². The lowest BCUT2D eigenvalue weighted by molar-refractivity contribution is -0.409. The molecule has 0 bridgehead atoms. The Morgan fingerprint density at radius 2 is 0.958 bits per heavy atom. The molecular formula is C62H104O33. The van der Waals surface area contributed by atoms with Gasteiger partial charge in [0.1, 0.15) is 140 Å². The summed E-state index contributed by atoms with van der Waals surface area (Å²) in [5.41, 5.74) is -0.156. The summed E-state index contributed by atoms with van der Waals surface area (Å²) in [4.78, 5) is 0. The topological polar surface area (TPSA) is 525 Å². The van der Waals surface area contributed by atoms with Crippen molar-refractivity contribution < 1.29 is 164 Å². The third-order valence-corrected chi connectivity index (χ3v) is 23.9. The van der Waals surface area contributed by atoms with Crippen LogP contribution in [0.1, 0.15) is 91.9 Å². The highest BCUT2D eigenvalue weighted by Gasteiger charge is 2.69. The predicted molar refractivity (Wildman–Crippen MR) is 311 cm³/mol. The van der Waals surface area contributed by atoms with E-state index < -0.39 is 230 Å². The van der Waals surface area contributed by atoms with E-state index in [1.54, 1.807) is 0 Å². The summed E-state index contributed by atoms with van der Waals surface area (Å²) in [5, 5.41) is 217. The van der Waals surface area contributed by atoms with Gasteiger partial charge >= 0.3 is 0 Å². The number of ether oxygens (including phenoxy) is 13. The molecule has 33 heteroatoms. The van der Waals surface area contributed by atoms with Crippen LogP contribution in [-0.2, 0) is 61.6 Å². The van der Waals surface area contributed by atoms with E-state index in [4.69, 9.17) is 61.6 Å². The number of fused-ring (bicyclic) bond motifs is 7. The molecule has 11 fully saturated rings. The van der Waals surface area contributed by atoms with E-state index in [1.807, 2.05) is 6.92 Å². The lowest BCUT2D eigenvalue weighted by Crippen LogP contribution is -2.69. The van der Waals surface area contributed by atoms with Crippen LogP contribution in [-0.4, -0.2) is 345 Å². The van der Waals surface area contributed by atoms with Crippen molar-refractivity contribution in [2.24, 2.45) is 52.3 Å². The van der Waals surface area contributed by atoms with Crippen molar-refractivity contribution in [2.45, 2.75) is 288 Å². The second-order valence-corrected chi connectivity index (χ2v) is 29.4. The Labute approximate surface area is 548 Å². The maximum atomic E-state index is 12.2. The molecule has 0 aromatic heterocycles. The molecule has 33 nitrogen and oxygen atoms in total. The molecule has 0 aromatic rings. The highest BCUT2D eigenvalue weighted by atomic mass is 16.8. The monoisotopic (exact) mass is 1380 g/mol. The molecule has 41 atom stereocenters. The average molecular weight is 1380 g/mol. The lowest BCUT2D eigenvalue weighted by Gasteiger charge is -2.61. The van der Waals surface area contributed by atoms with Gasteiger partial charge in [-0.15, -0.1) is 0 Å². The molecule has 0 amide bonds. The number of aliphatic hydroxyl groups is 20. The summed E-state index contributed by atoms with van der Waals surface area (Å²) >= 11 is 0. The second-order valence-electron chi connectivity index (χ2n) is 29.4. The lowest BCUT2D eigenvalue weighted by atomic mass is 9.44. The van der Waals surface area contributed by atoms with Crippen LogP contribution in [0.3, 0.4) is 0 Å². The Hall–Kier alpha value is -1.32. The maximum Gasteiger partial charge on any atom is 0.187 e. The van der Waals surface area contributed by atoms with Gasteiger partial charge in [0.15, 0.2) is 43.5 Å². The molecule has 7 aliphatic heterocycles. The van der Waals surface area contributed by atoms with Crippen LogP contribution < -0.4 is 0 Å². The molecule has 11 aliphatic rings. The van der Waals surface area contributed by atoms with E-state index in [2.05, 4.69) is 20.8 Å². The Morgan fingerprint density at radius 1 is 0.453 bits per heavy atom. The fraction of sp³-hybridized carbons (Fsp3) is 1.00. The first-order valence-electron chi connectivity index (χ1n) is 33.8. The van der Waals surface area contributed by atoms with Crippen molar-refractivity contribution in [3.8, 4) is 0 Å². The summed E-state index contributed by atoms with van der Waals surface area (Å²) in [6.45, 7) is 4.00. The molecule has 4 aliphatic carbocycles. The molecule has 4 saturated carbocycles. The van der Waals surface area contributed by atoms with Crippen molar-refractivity contribution in [1.29, 1.82) is 0 Å². The molecule has 20 N–H and O–H groups in total. The van der Waals surface area contributed by atoms with Crippen molar-refractivity contribution in [3.05, 3.63) is 0 Å². The summed E-state index contributed by atoms with van der Waals surface area (Å²) < 4.78 is 77.9. The Kier molecular flexibility index (Phi) is 23.8. The average Bonchev–Trinajstić information content (AvgIpc) is 1.56. The zero-order valence-electron chi connectivity index (χ0n) is 53.7. The minimum atomic E-state index is -2.21. The molecule has 6 unspecified atom stereocenters. The van der Waals surface area contributed by atoms with Gasteiger partial charge in [-0.3, -0.25) is 0 Å². The Morgan fingerprint density at radius 3 is 1.60 bits per heavy atom. The van der Waals surface area contributed by atoms with Crippen molar-refractivity contribution in [2.75, 3.05) is 46.2 Å². The Bertz CT molecular complexity index is 2460. The van der Waals surface area contributed by atoms with Crippen LogP contribution in [0.4, 0.5) is 0 Å². The quantitative estimate of drug-likeness (QED) is 0.0475. The minimum absolute atomic E-state index is 0.0703. The zero-order chi connectivity index (χ0) is 68.7. The van der Waals surface area contributed by atoms with Crippen molar-refractivity contribution in [3.63, 3.8) is 0 Å². The summed E-state index contributed by atoms with van der Waals surface area (Å²) in [6, 6.07) is 0.